The summed E-state index contributed by atoms with van der Waals surface area (Å²) in [6.45, 7) is 2.89. The van der Waals surface area contributed by atoms with Gasteiger partial charge in [0.2, 0.25) is 5.75 Å². The highest BCUT2D eigenvalue weighted by Gasteiger charge is 2.20. The molecule has 1 rings (SSSR count). The van der Waals surface area contributed by atoms with Gasteiger partial charge in [-0.05, 0) is 22.0 Å². The van der Waals surface area contributed by atoms with Gasteiger partial charge >= 0.3 is 11.7 Å². The molecule has 0 saturated heterocycles. The van der Waals surface area contributed by atoms with Crippen LogP contribution < -0.4 is 4.74 Å². The van der Waals surface area contributed by atoms with Crippen LogP contribution in [-0.4, -0.2) is 22.6 Å². The summed E-state index contributed by atoms with van der Waals surface area (Å²) in [6, 6.07) is 2.53. The average molecular weight is 337 g/mol. The van der Waals surface area contributed by atoms with Crippen LogP contribution in [0.3, 0.4) is 0 Å². The normalized spacial score (nSPS) is 9.89. The van der Waals surface area contributed by atoms with E-state index in [0.717, 1.165) is 6.07 Å². The summed E-state index contributed by atoms with van der Waals surface area (Å²) in [5.74, 6) is -1.32. The number of rotatable bonds is 5. The monoisotopic (exact) mass is 335 g/mol. The first-order valence-corrected chi connectivity index (χ1v) is 5.67. The van der Waals surface area contributed by atoms with E-state index in [9.17, 15) is 14.9 Å². The summed E-state index contributed by atoms with van der Waals surface area (Å²) in [7, 11) is 0. The zero-order chi connectivity index (χ0) is 13.9. The van der Waals surface area contributed by atoms with Crippen molar-refractivity contribution in [3.8, 4) is 5.75 Å². The van der Waals surface area contributed by atoms with E-state index in [0.29, 0.717) is 0 Å². The lowest BCUT2D eigenvalue weighted by molar-refractivity contribution is -0.385. The number of hydrogen-bond acceptors (Lipinski definition) is 4. The Morgan fingerprint density at radius 1 is 1.61 bits per heavy atom. The smallest absolute Gasteiger partial charge is 0.334 e. The van der Waals surface area contributed by atoms with Crippen molar-refractivity contribution in [1.82, 2.24) is 0 Å². The van der Waals surface area contributed by atoms with Gasteiger partial charge in [0.1, 0.15) is 6.61 Å². The lowest BCUT2D eigenvalue weighted by Gasteiger charge is -2.08. The predicted molar refractivity (Wildman–Crippen MR) is 68.1 cm³/mol. The van der Waals surface area contributed by atoms with Crippen molar-refractivity contribution in [2.24, 2.45) is 0 Å². The Morgan fingerprint density at radius 2 is 2.22 bits per heavy atom. The molecule has 18 heavy (non-hydrogen) atoms. The number of ether oxygens (including phenoxy) is 1. The molecule has 0 fully saturated rings. The lowest BCUT2D eigenvalue weighted by atomic mass is 10.3. The molecule has 8 heteroatoms. The number of halogens is 2. The van der Waals surface area contributed by atoms with Gasteiger partial charge in [0.15, 0.2) is 0 Å². The fourth-order valence-electron chi connectivity index (χ4n) is 1.05. The standard InChI is InChI=1S/C10H7BrClNO5/c1-5(10(14)15)4-18-9-7(11)2-6(12)3-8(9)13(16)17/h2-3H,1,4H2,(H,14,15). The SMILES string of the molecule is C=C(COc1c(Br)cc(Cl)cc1[N+](=O)[O-])C(=O)O. The molecule has 96 valence electrons. The molecular formula is C10H7BrClNO5. The van der Waals surface area contributed by atoms with Crippen LogP contribution in [0.15, 0.2) is 28.8 Å². The topological polar surface area (TPSA) is 89.7 Å². The molecule has 1 aromatic carbocycles. The Labute approximate surface area is 115 Å². The molecule has 0 aliphatic carbocycles. The van der Waals surface area contributed by atoms with E-state index in [4.69, 9.17) is 21.4 Å². The van der Waals surface area contributed by atoms with Crippen LogP contribution in [0.25, 0.3) is 0 Å². The molecule has 1 N–H and O–H groups in total. The zero-order valence-corrected chi connectivity index (χ0v) is 11.2. The maximum Gasteiger partial charge on any atom is 0.334 e. The van der Waals surface area contributed by atoms with E-state index in [2.05, 4.69) is 22.5 Å². The van der Waals surface area contributed by atoms with E-state index >= 15 is 0 Å². The molecule has 0 aliphatic heterocycles. The predicted octanol–water partition coefficient (Wildman–Crippen LogP) is 3.03. The first-order valence-electron chi connectivity index (χ1n) is 4.50. The van der Waals surface area contributed by atoms with Crippen molar-refractivity contribution in [2.45, 2.75) is 0 Å². The van der Waals surface area contributed by atoms with Gasteiger partial charge in [-0.25, -0.2) is 4.79 Å². The summed E-state index contributed by atoms with van der Waals surface area (Å²) >= 11 is 8.74. The third-order valence-corrected chi connectivity index (χ3v) is 2.69. The minimum absolute atomic E-state index is 0.0909. The van der Waals surface area contributed by atoms with Gasteiger partial charge in [-0.3, -0.25) is 10.1 Å². The van der Waals surface area contributed by atoms with Crippen LogP contribution in [0.5, 0.6) is 5.75 Å². The largest absolute Gasteiger partial charge is 0.481 e. The minimum Gasteiger partial charge on any atom is -0.481 e. The van der Waals surface area contributed by atoms with Crippen molar-refractivity contribution in [2.75, 3.05) is 6.61 Å². The summed E-state index contributed by atoms with van der Waals surface area (Å²) < 4.78 is 5.34. The van der Waals surface area contributed by atoms with Crippen LogP contribution in [0, 0.1) is 10.1 Å². The number of carbonyl (C=O) groups is 1. The van der Waals surface area contributed by atoms with Crippen molar-refractivity contribution in [3.63, 3.8) is 0 Å². The third kappa shape index (κ3) is 3.44. The van der Waals surface area contributed by atoms with Crippen molar-refractivity contribution in [3.05, 3.63) is 43.9 Å². The van der Waals surface area contributed by atoms with Gasteiger partial charge in [0.25, 0.3) is 0 Å². The van der Waals surface area contributed by atoms with Crippen molar-refractivity contribution < 1.29 is 19.6 Å². The van der Waals surface area contributed by atoms with E-state index in [1.165, 1.54) is 6.07 Å². The van der Waals surface area contributed by atoms with Gasteiger partial charge in [-0.2, -0.15) is 0 Å². The summed E-state index contributed by atoms with van der Waals surface area (Å²) in [5.41, 5.74) is -0.571. The Morgan fingerprint density at radius 3 is 2.72 bits per heavy atom. The molecule has 1 aromatic rings. The summed E-state index contributed by atoms with van der Waals surface area (Å²) in [4.78, 5) is 20.7. The second kappa shape index (κ2) is 5.83. The highest BCUT2D eigenvalue weighted by atomic mass is 79.9. The van der Waals surface area contributed by atoms with Crippen LogP contribution >= 0.6 is 27.5 Å². The number of nitro groups is 1. The summed E-state index contributed by atoms with van der Waals surface area (Å²) in [6.07, 6.45) is 0. The molecule has 0 aromatic heterocycles. The van der Waals surface area contributed by atoms with E-state index in [1.54, 1.807) is 0 Å². The first kappa shape index (κ1) is 14.5. The molecule has 0 atom stereocenters. The Bertz CT molecular complexity index is 531. The van der Waals surface area contributed by atoms with Gasteiger partial charge in [-0.1, -0.05) is 18.2 Å². The minimum atomic E-state index is -1.23. The second-order valence-electron chi connectivity index (χ2n) is 3.19. The molecule has 0 unspecified atom stereocenters. The Kier molecular flexibility index (Phi) is 4.69. The molecule has 6 nitrogen and oxygen atoms in total. The van der Waals surface area contributed by atoms with Crippen LogP contribution in [0.4, 0.5) is 5.69 Å². The number of carboxylic acid groups (broad SMARTS) is 1. The molecule has 0 spiro atoms. The lowest BCUT2D eigenvalue weighted by Crippen LogP contribution is -2.10. The highest BCUT2D eigenvalue weighted by Crippen LogP contribution is 2.38. The Balaban J connectivity index is 3.04. The number of carboxylic acids is 1. The quantitative estimate of drug-likeness (QED) is 0.507. The molecule has 0 heterocycles. The van der Waals surface area contributed by atoms with Gasteiger partial charge < -0.3 is 9.84 Å². The van der Waals surface area contributed by atoms with E-state index in [-0.39, 0.29) is 33.1 Å². The van der Waals surface area contributed by atoms with Crippen LogP contribution in [-0.2, 0) is 4.79 Å². The molecule has 0 saturated carbocycles. The molecule has 0 aliphatic rings. The third-order valence-electron chi connectivity index (χ3n) is 1.88. The fraction of sp³-hybridized carbons (Fsp3) is 0.100. The number of benzene rings is 1. The first-order chi connectivity index (χ1) is 8.32. The van der Waals surface area contributed by atoms with Gasteiger partial charge in [-0.15, -0.1) is 0 Å². The van der Waals surface area contributed by atoms with Gasteiger partial charge in [0.05, 0.1) is 15.0 Å². The Hall–Kier alpha value is -1.60. The van der Waals surface area contributed by atoms with Crippen molar-refractivity contribution in [1.29, 1.82) is 0 Å². The molecular weight excluding hydrogens is 329 g/mol. The number of nitrogens with zero attached hydrogens (tertiary/aromatic N) is 1. The average Bonchev–Trinajstić information content (AvgIpc) is 2.26. The van der Waals surface area contributed by atoms with Gasteiger partial charge in [0, 0.05) is 11.1 Å². The molecule has 0 radical (unpaired) electrons. The fourth-order valence-corrected chi connectivity index (χ4v) is 1.95. The van der Waals surface area contributed by atoms with E-state index in [1.807, 2.05) is 0 Å². The second-order valence-corrected chi connectivity index (χ2v) is 4.48. The molecule has 0 amide bonds. The zero-order valence-electron chi connectivity index (χ0n) is 8.85. The molecule has 0 bridgehead atoms. The highest BCUT2D eigenvalue weighted by molar-refractivity contribution is 9.10. The van der Waals surface area contributed by atoms with Crippen LogP contribution in [0.2, 0.25) is 5.02 Å². The maximum absolute atomic E-state index is 10.8. The van der Waals surface area contributed by atoms with Crippen molar-refractivity contribution >= 4 is 39.2 Å². The van der Waals surface area contributed by atoms with Crippen LogP contribution in [0.1, 0.15) is 0 Å². The van der Waals surface area contributed by atoms with E-state index < -0.39 is 10.9 Å². The number of hydrogen-bond donors (Lipinski definition) is 1. The maximum atomic E-state index is 10.8. The number of aliphatic carboxylic acids is 1. The number of nitro benzene ring substituents is 1. The summed E-state index contributed by atoms with van der Waals surface area (Å²) in [5, 5.41) is 19.6.